The van der Waals surface area contributed by atoms with Crippen LogP contribution in [0.15, 0.2) is 36.7 Å². The normalized spacial score (nSPS) is 16.3. The van der Waals surface area contributed by atoms with Crippen molar-refractivity contribution in [2.75, 3.05) is 20.1 Å². The van der Waals surface area contributed by atoms with E-state index in [9.17, 15) is 4.39 Å². The van der Waals surface area contributed by atoms with E-state index in [1.165, 1.54) is 30.5 Å². The molecule has 0 spiro atoms. The van der Waals surface area contributed by atoms with Gasteiger partial charge in [0.25, 0.3) is 0 Å². The minimum Gasteiger partial charge on any atom is -0.317 e. The van der Waals surface area contributed by atoms with Crippen molar-refractivity contribution in [3.05, 3.63) is 53.6 Å². The molecule has 3 rings (SSSR count). The van der Waals surface area contributed by atoms with Gasteiger partial charge in [-0.25, -0.2) is 4.39 Å². The van der Waals surface area contributed by atoms with Crippen molar-refractivity contribution in [2.24, 2.45) is 0 Å². The summed E-state index contributed by atoms with van der Waals surface area (Å²) in [5.74, 6) is -0.200. The Labute approximate surface area is 130 Å². The first-order chi connectivity index (χ1) is 10.7. The van der Waals surface area contributed by atoms with Crippen molar-refractivity contribution in [2.45, 2.75) is 32.0 Å². The van der Waals surface area contributed by atoms with Gasteiger partial charge in [-0.3, -0.25) is 9.58 Å². The molecule has 0 bridgehead atoms. The summed E-state index contributed by atoms with van der Waals surface area (Å²) in [7, 11) is 2.19. The summed E-state index contributed by atoms with van der Waals surface area (Å²) in [4.78, 5) is 2.42. The van der Waals surface area contributed by atoms with Crippen LogP contribution in [0.25, 0.3) is 0 Å². The van der Waals surface area contributed by atoms with E-state index in [2.05, 4.69) is 28.6 Å². The number of rotatable bonds is 5. The first-order valence-electron chi connectivity index (χ1n) is 7.87. The molecule has 2 aromatic rings. The highest BCUT2D eigenvalue weighted by Gasteiger charge is 2.18. The van der Waals surface area contributed by atoms with Crippen molar-refractivity contribution < 1.29 is 4.39 Å². The van der Waals surface area contributed by atoms with E-state index >= 15 is 0 Å². The lowest BCUT2D eigenvalue weighted by atomic mass is 10.1. The quantitative estimate of drug-likeness (QED) is 0.919. The fourth-order valence-corrected chi connectivity index (χ4v) is 3.02. The zero-order valence-electron chi connectivity index (χ0n) is 13.0. The van der Waals surface area contributed by atoms with Crippen LogP contribution in [0.2, 0.25) is 0 Å². The molecule has 1 aliphatic rings. The van der Waals surface area contributed by atoms with E-state index in [1.807, 2.05) is 10.9 Å². The standard InChI is InChI=1S/C17H23FN4/c1-21(17-6-8-19-9-7-17)11-15-10-20-22(13-15)12-14-2-4-16(18)5-3-14/h2-5,10,13,17,19H,6-9,11-12H2,1H3. The lowest BCUT2D eigenvalue weighted by Crippen LogP contribution is -2.40. The van der Waals surface area contributed by atoms with Gasteiger partial charge in [0.15, 0.2) is 0 Å². The zero-order valence-corrected chi connectivity index (χ0v) is 13.0. The van der Waals surface area contributed by atoms with Gasteiger partial charge in [-0.2, -0.15) is 5.10 Å². The van der Waals surface area contributed by atoms with E-state index in [0.717, 1.165) is 25.2 Å². The average Bonchev–Trinajstić information content (AvgIpc) is 2.97. The van der Waals surface area contributed by atoms with E-state index in [-0.39, 0.29) is 5.82 Å². The zero-order chi connectivity index (χ0) is 15.4. The summed E-state index contributed by atoms with van der Waals surface area (Å²) in [6, 6.07) is 7.24. The predicted molar refractivity (Wildman–Crippen MR) is 85.1 cm³/mol. The minimum absolute atomic E-state index is 0.200. The maximum Gasteiger partial charge on any atom is 0.123 e. The molecule has 22 heavy (non-hydrogen) atoms. The Morgan fingerprint density at radius 2 is 1.95 bits per heavy atom. The van der Waals surface area contributed by atoms with Gasteiger partial charge >= 0.3 is 0 Å². The fourth-order valence-electron chi connectivity index (χ4n) is 3.02. The third-order valence-electron chi connectivity index (χ3n) is 4.31. The average molecular weight is 302 g/mol. The Morgan fingerprint density at radius 1 is 1.23 bits per heavy atom. The Balaban J connectivity index is 1.57. The maximum atomic E-state index is 12.9. The van der Waals surface area contributed by atoms with Crippen molar-refractivity contribution in [3.63, 3.8) is 0 Å². The Kier molecular flexibility index (Phi) is 4.85. The van der Waals surface area contributed by atoms with Crippen LogP contribution in [0.4, 0.5) is 4.39 Å². The Bertz CT molecular complexity index is 587. The SMILES string of the molecule is CN(Cc1cnn(Cc2ccc(F)cc2)c1)C1CCNCC1. The molecular weight excluding hydrogens is 279 g/mol. The predicted octanol–water partition coefficient (Wildman–Crippen LogP) is 2.25. The Hall–Kier alpha value is -1.72. The largest absolute Gasteiger partial charge is 0.317 e. The number of hydrogen-bond donors (Lipinski definition) is 1. The lowest BCUT2D eigenvalue weighted by molar-refractivity contribution is 0.192. The van der Waals surface area contributed by atoms with Gasteiger partial charge in [0.1, 0.15) is 5.82 Å². The molecule has 0 radical (unpaired) electrons. The second-order valence-electron chi connectivity index (χ2n) is 6.07. The lowest BCUT2D eigenvalue weighted by Gasteiger charge is -2.31. The van der Waals surface area contributed by atoms with Gasteiger partial charge in [0.05, 0.1) is 12.7 Å². The second-order valence-corrected chi connectivity index (χ2v) is 6.07. The highest BCUT2D eigenvalue weighted by atomic mass is 19.1. The molecule has 4 nitrogen and oxygen atoms in total. The smallest absolute Gasteiger partial charge is 0.123 e. The van der Waals surface area contributed by atoms with Crippen LogP contribution in [0.1, 0.15) is 24.0 Å². The molecule has 1 saturated heterocycles. The molecule has 1 aliphatic heterocycles. The van der Waals surface area contributed by atoms with Gasteiger partial charge < -0.3 is 5.32 Å². The van der Waals surface area contributed by atoms with Crippen LogP contribution in [-0.2, 0) is 13.1 Å². The third kappa shape index (κ3) is 3.93. The van der Waals surface area contributed by atoms with Crippen LogP contribution in [0.5, 0.6) is 0 Å². The molecule has 5 heteroatoms. The molecule has 1 aromatic heterocycles. The summed E-state index contributed by atoms with van der Waals surface area (Å²) in [6.45, 7) is 3.82. The summed E-state index contributed by atoms with van der Waals surface area (Å²) < 4.78 is 14.8. The van der Waals surface area contributed by atoms with Gasteiger partial charge in [-0.05, 0) is 50.7 Å². The van der Waals surface area contributed by atoms with E-state index in [0.29, 0.717) is 12.6 Å². The monoisotopic (exact) mass is 302 g/mol. The summed E-state index contributed by atoms with van der Waals surface area (Å²) in [6.07, 6.45) is 6.43. The molecule has 0 aliphatic carbocycles. The van der Waals surface area contributed by atoms with Crippen LogP contribution in [-0.4, -0.2) is 40.9 Å². The van der Waals surface area contributed by atoms with Crippen LogP contribution >= 0.6 is 0 Å². The van der Waals surface area contributed by atoms with Gasteiger partial charge in [0, 0.05) is 24.3 Å². The van der Waals surface area contributed by atoms with Gasteiger partial charge in [0.2, 0.25) is 0 Å². The fraction of sp³-hybridized carbons (Fsp3) is 0.471. The molecule has 2 heterocycles. The van der Waals surface area contributed by atoms with Crippen molar-refractivity contribution in [3.8, 4) is 0 Å². The number of benzene rings is 1. The highest BCUT2D eigenvalue weighted by molar-refractivity contribution is 5.16. The first-order valence-corrected chi connectivity index (χ1v) is 7.87. The van der Waals surface area contributed by atoms with Gasteiger partial charge in [-0.1, -0.05) is 12.1 Å². The highest BCUT2D eigenvalue weighted by Crippen LogP contribution is 2.14. The maximum absolute atomic E-state index is 12.9. The molecule has 118 valence electrons. The second kappa shape index (κ2) is 7.03. The van der Waals surface area contributed by atoms with Crippen LogP contribution in [0, 0.1) is 5.82 Å². The summed E-state index contributed by atoms with van der Waals surface area (Å²) >= 11 is 0. The van der Waals surface area contributed by atoms with E-state index in [1.54, 1.807) is 12.1 Å². The summed E-state index contributed by atoms with van der Waals surface area (Å²) in [5.41, 5.74) is 2.28. The van der Waals surface area contributed by atoms with Crippen molar-refractivity contribution >= 4 is 0 Å². The topological polar surface area (TPSA) is 33.1 Å². The van der Waals surface area contributed by atoms with Crippen LogP contribution in [0.3, 0.4) is 0 Å². The van der Waals surface area contributed by atoms with Crippen molar-refractivity contribution in [1.29, 1.82) is 0 Å². The number of halogens is 1. The van der Waals surface area contributed by atoms with E-state index < -0.39 is 0 Å². The molecule has 0 amide bonds. The minimum atomic E-state index is -0.200. The number of hydrogen-bond acceptors (Lipinski definition) is 3. The van der Waals surface area contributed by atoms with Crippen molar-refractivity contribution in [1.82, 2.24) is 20.0 Å². The summed E-state index contributed by atoms with van der Waals surface area (Å²) in [5, 5.41) is 7.81. The first kappa shape index (κ1) is 15.2. The number of nitrogens with zero attached hydrogens (tertiary/aromatic N) is 3. The molecule has 1 aromatic carbocycles. The molecule has 0 saturated carbocycles. The molecule has 0 unspecified atom stereocenters. The molecule has 1 fully saturated rings. The molecule has 1 N–H and O–H groups in total. The number of aromatic nitrogens is 2. The molecule has 0 atom stereocenters. The number of piperidine rings is 1. The number of nitrogens with one attached hydrogen (secondary N) is 1. The third-order valence-corrected chi connectivity index (χ3v) is 4.31. The van der Waals surface area contributed by atoms with Crippen LogP contribution < -0.4 is 5.32 Å². The molecular formula is C17H23FN4. The van der Waals surface area contributed by atoms with E-state index in [4.69, 9.17) is 0 Å². The Morgan fingerprint density at radius 3 is 2.68 bits per heavy atom. The van der Waals surface area contributed by atoms with Gasteiger partial charge in [-0.15, -0.1) is 0 Å².